The molecule has 1 aromatic heterocycles. The number of benzene rings is 1. The van der Waals surface area contributed by atoms with E-state index in [1.807, 2.05) is 6.07 Å². The molecule has 2 N–H and O–H groups in total. The lowest BCUT2D eigenvalue weighted by Crippen LogP contribution is -2.05. The number of anilines is 2. The van der Waals surface area contributed by atoms with Crippen LogP contribution in [0.1, 0.15) is 11.1 Å². The van der Waals surface area contributed by atoms with E-state index in [0.717, 1.165) is 18.2 Å². The van der Waals surface area contributed by atoms with Gasteiger partial charge in [0.1, 0.15) is 18.0 Å². The van der Waals surface area contributed by atoms with Crippen molar-refractivity contribution >= 4 is 11.6 Å². The van der Waals surface area contributed by atoms with Crippen molar-refractivity contribution in [1.82, 2.24) is 9.97 Å². The molecule has 0 aliphatic rings. The molecule has 0 fully saturated rings. The molecule has 98 valence electrons. The van der Waals surface area contributed by atoms with Crippen LogP contribution >= 0.6 is 0 Å². The zero-order valence-electron chi connectivity index (χ0n) is 11.1. The molecule has 0 saturated carbocycles. The highest BCUT2D eigenvalue weighted by Crippen LogP contribution is 2.11. The highest BCUT2D eigenvalue weighted by Gasteiger charge is 1.98. The van der Waals surface area contributed by atoms with Crippen LogP contribution in [0.25, 0.3) is 0 Å². The van der Waals surface area contributed by atoms with Crippen LogP contribution in [-0.2, 0) is 6.54 Å². The van der Waals surface area contributed by atoms with Crippen molar-refractivity contribution < 1.29 is 0 Å². The quantitative estimate of drug-likeness (QED) is 0.778. The zero-order valence-corrected chi connectivity index (χ0v) is 11.1. The van der Waals surface area contributed by atoms with Gasteiger partial charge in [0.25, 0.3) is 0 Å². The van der Waals surface area contributed by atoms with E-state index in [1.54, 1.807) is 12.4 Å². The summed E-state index contributed by atoms with van der Waals surface area (Å²) in [5.41, 5.74) is 2.49. The molecule has 0 atom stereocenters. The third-order valence-electron chi connectivity index (χ3n) is 2.65. The van der Waals surface area contributed by atoms with Crippen LogP contribution in [0.4, 0.5) is 11.6 Å². The van der Waals surface area contributed by atoms with Crippen LogP contribution in [0.2, 0.25) is 0 Å². The van der Waals surface area contributed by atoms with Gasteiger partial charge in [0.05, 0.1) is 0 Å². The van der Waals surface area contributed by atoms with E-state index in [2.05, 4.69) is 58.4 Å². The van der Waals surface area contributed by atoms with E-state index in [4.69, 9.17) is 0 Å². The molecule has 0 unspecified atom stereocenters. The van der Waals surface area contributed by atoms with Gasteiger partial charge >= 0.3 is 0 Å². The minimum atomic E-state index is 0.689. The minimum Gasteiger partial charge on any atom is -0.366 e. The molecule has 0 aliphatic heterocycles. The molecule has 19 heavy (non-hydrogen) atoms. The Morgan fingerprint density at radius 1 is 1.16 bits per heavy atom. The molecule has 0 amide bonds. The summed E-state index contributed by atoms with van der Waals surface area (Å²) in [4.78, 5) is 8.33. The van der Waals surface area contributed by atoms with Gasteiger partial charge in [-0.25, -0.2) is 9.97 Å². The lowest BCUT2D eigenvalue weighted by atomic mass is 10.1. The van der Waals surface area contributed by atoms with Gasteiger partial charge in [-0.15, -0.1) is 6.58 Å². The van der Waals surface area contributed by atoms with Crippen molar-refractivity contribution in [3.63, 3.8) is 0 Å². The van der Waals surface area contributed by atoms with Gasteiger partial charge in [-0.1, -0.05) is 35.9 Å². The summed E-state index contributed by atoms with van der Waals surface area (Å²) < 4.78 is 0. The molecule has 4 nitrogen and oxygen atoms in total. The molecular formula is C15H18N4. The molecule has 1 aromatic carbocycles. The summed E-state index contributed by atoms with van der Waals surface area (Å²) in [7, 11) is 0. The summed E-state index contributed by atoms with van der Waals surface area (Å²) in [6.07, 6.45) is 3.34. The number of nitrogens with zero attached hydrogens (tertiary/aromatic N) is 2. The van der Waals surface area contributed by atoms with Crippen molar-refractivity contribution in [2.45, 2.75) is 13.5 Å². The summed E-state index contributed by atoms with van der Waals surface area (Å²) in [5.74, 6) is 1.60. The molecular weight excluding hydrogens is 236 g/mol. The summed E-state index contributed by atoms with van der Waals surface area (Å²) in [6, 6.07) is 10.3. The van der Waals surface area contributed by atoms with Gasteiger partial charge in [0.15, 0.2) is 0 Å². The largest absolute Gasteiger partial charge is 0.366 e. The van der Waals surface area contributed by atoms with Crippen molar-refractivity contribution in [2.75, 3.05) is 17.2 Å². The standard InChI is InChI=1S/C15H18N4/c1-3-7-16-14-9-15(19-11-18-14)17-10-13-6-4-5-12(2)8-13/h3-6,8-9,11H,1,7,10H2,2H3,(H2,16,17,18,19). The molecule has 1 heterocycles. The lowest BCUT2D eigenvalue weighted by molar-refractivity contribution is 1.07. The van der Waals surface area contributed by atoms with Gasteiger partial charge in [-0.2, -0.15) is 0 Å². The van der Waals surface area contributed by atoms with E-state index < -0.39 is 0 Å². The SMILES string of the molecule is C=CCNc1cc(NCc2cccc(C)c2)ncn1. The number of hydrogen-bond acceptors (Lipinski definition) is 4. The summed E-state index contributed by atoms with van der Waals surface area (Å²) >= 11 is 0. The zero-order chi connectivity index (χ0) is 13.5. The van der Waals surface area contributed by atoms with Crippen LogP contribution in [0.3, 0.4) is 0 Å². The second kappa shape index (κ2) is 6.54. The number of hydrogen-bond donors (Lipinski definition) is 2. The van der Waals surface area contributed by atoms with E-state index in [9.17, 15) is 0 Å². The highest BCUT2D eigenvalue weighted by atomic mass is 15.1. The average molecular weight is 254 g/mol. The Morgan fingerprint density at radius 3 is 2.68 bits per heavy atom. The van der Waals surface area contributed by atoms with E-state index >= 15 is 0 Å². The summed E-state index contributed by atoms with van der Waals surface area (Å²) in [5, 5.41) is 6.42. The first kappa shape index (κ1) is 13.1. The lowest BCUT2D eigenvalue weighted by Gasteiger charge is -2.08. The Balaban J connectivity index is 1.97. The van der Waals surface area contributed by atoms with Crippen LogP contribution in [0.15, 0.2) is 49.3 Å². The average Bonchev–Trinajstić information content (AvgIpc) is 2.43. The van der Waals surface area contributed by atoms with Crippen LogP contribution < -0.4 is 10.6 Å². The Kier molecular flexibility index (Phi) is 4.50. The first-order valence-electron chi connectivity index (χ1n) is 6.24. The molecule has 0 saturated heterocycles. The molecule has 0 spiro atoms. The maximum absolute atomic E-state index is 4.20. The van der Waals surface area contributed by atoms with E-state index in [0.29, 0.717) is 6.54 Å². The second-order valence-electron chi connectivity index (χ2n) is 4.30. The third-order valence-corrected chi connectivity index (χ3v) is 2.65. The van der Waals surface area contributed by atoms with Crippen molar-refractivity contribution in [1.29, 1.82) is 0 Å². The maximum atomic E-state index is 4.20. The monoisotopic (exact) mass is 254 g/mol. The van der Waals surface area contributed by atoms with Crippen LogP contribution in [0, 0.1) is 6.92 Å². The molecule has 0 radical (unpaired) electrons. The Bertz CT molecular complexity index is 551. The Morgan fingerprint density at radius 2 is 1.95 bits per heavy atom. The molecule has 2 rings (SSSR count). The number of rotatable bonds is 6. The van der Waals surface area contributed by atoms with Crippen LogP contribution in [0.5, 0.6) is 0 Å². The van der Waals surface area contributed by atoms with Crippen molar-refractivity contribution in [3.8, 4) is 0 Å². The third kappa shape index (κ3) is 4.10. The number of aryl methyl sites for hydroxylation is 1. The second-order valence-corrected chi connectivity index (χ2v) is 4.30. The van der Waals surface area contributed by atoms with Gasteiger partial charge in [0, 0.05) is 19.2 Å². The van der Waals surface area contributed by atoms with Gasteiger partial charge in [-0.05, 0) is 12.5 Å². The predicted molar refractivity (Wildman–Crippen MR) is 79.2 cm³/mol. The first-order valence-corrected chi connectivity index (χ1v) is 6.24. The topological polar surface area (TPSA) is 49.8 Å². The molecule has 0 aliphatic carbocycles. The highest BCUT2D eigenvalue weighted by molar-refractivity contribution is 5.47. The first-order chi connectivity index (χ1) is 9.28. The minimum absolute atomic E-state index is 0.689. The van der Waals surface area contributed by atoms with E-state index in [1.165, 1.54) is 11.1 Å². The maximum Gasteiger partial charge on any atom is 0.131 e. The fraction of sp³-hybridized carbons (Fsp3) is 0.200. The fourth-order valence-electron chi connectivity index (χ4n) is 1.74. The van der Waals surface area contributed by atoms with Gasteiger partial charge < -0.3 is 10.6 Å². The van der Waals surface area contributed by atoms with Crippen molar-refractivity contribution in [2.24, 2.45) is 0 Å². The Labute approximate surface area is 113 Å². The molecule has 0 bridgehead atoms. The smallest absolute Gasteiger partial charge is 0.131 e. The van der Waals surface area contributed by atoms with Gasteiger partial charge in [0.2, 0.25) is 0 Å². The number of aromatic nitrogens is 2. The van der Waals surface area contributed by atoms with Gasteiger partial charge in [-0.3, -0.25) is 0 Å². The normalized spacial score (nSPS) is 9.95. The number of nitrogens with one attached hydrogen (secondary N) is 2. The van der Waals surface area contributed by atoms with Crippen molar-refractivity contribution in [3.05, 3.63) is 60.4 Å². The fourth-order valence-corrected chi connectivity index (χ4v) is 1.74. The summed E-state index contributed by atoms with van der Waals surface area (Å²) in [6.45, 7) is 7.19. The molecule has 4 heteroatoms. The van der Waals surface area contributed by atoms with E-state index in [-0.39, 0.29) is 0 Å². The predicted octanol–water partition coefficient (Wildman–Crippen LogP) is 3.00. The van der Waals surface area contributed by atoms with Crippen LogP contribution in [-0.4, -0.2) is 16.5 Å². The molecule has 2 aromatic rings. The Hall–Kier alpha value is -2.36.